The molecular weight excluding hydrogens is 410 g/mol. The SMILES string of the molecule is C=C1CC(C)(C)Nc2ccc3c(c21)[C@@H](c1ccc(Br)cc1)Oc1ccccc1-3. The van der Waals surface area contributed by atoms with Crippen LogP contribution in [-0.2, 0) is 0 Å². The zero-order chi connectivity index (χ0) is 19.5. The van der Waals surface area contributed by atoms with E-state index in [1.807, 2.05) is 6.07 Å². The molecule has 0 aliphatic carbocycles. The van der Waals surface area contributed by atoms with Crippen molar-refractivity contribution in [3.8, 4) is 16.9 Å². The number of para-hydroxylation sites is 1. The molecule has 0 radical (unpaired) electrons. The molecule has 1 N–H and O–H groups in total. The monoisotopic (exact) mass is 431 g/mol. The highest BCUT2D eigenvalue weighted by Gasteiger charge is 2.35. The number of anilines is 1. The molecule has 0 fully saturated rings. The molecule has 140 valence electrons. The van der Waals surface area contributed by atoms with Crippen molar-refractivity contribution in [1.29, 1.82) is 0 Å². The normalized spacial score (nSPS) is 19.0. The molecule has 1 atom stereocenters. The zero-order valence-electron chi connectivity index (χ0n) is 16.1. The van der Waals surface area contributed by atoms with Gasteiger partial charge in [0, 0.05) is 32.4 Å². The van der Waals surface area contributed by atoms with Crippen LogP contribution in [0.4, 0.5) is 5.69 Å². The van der Waals surface area contributed by atoms with Crippen LogP contribution in [0.3, 0.4) is 0 Å². The second-order valence-corrected chi connectivity index (χ2v) is 9.20. The molecule has 0 aromatic heterocycles. The van der Waals surface area contributed by atoms with Crippen LogP contribution in [0.2, 0.25) is 0 Å². The van der Waals surface area contributed by atoms with Crippen LogP contribution in [0.5, 0.6) is 5.75 Å². The Labute approximate surface area is 174 Å². The molecular formula is C25H22BrNO. The van der Waals surface area contributed by atoms with E-state index in [9.17, 15) is 0 Å². The summed E-state index contributed by atoms with van der Waals surface area (Å²) in [6.45, 7) is 8.90. The first-order valence-electron chi connectivity index (χ1n) is 9.58. The lowest BCUT2D eigenvalue weighted by atomic mass is 9.78. The first-order chi connectivity index (χ1) is 13.4. The Morgan fingerprint density at radius 2 is 1.75 bits per heavy atom. The quantitative estimate of drug-likeness (QED) is 0.439. The molecule has 2 aliphatic heterocycles. The Balaban J connectivity index is 1.78. The van der Waals surface area contributed by atoms with Crippen LogP contribution in [0.1, 0.15) is 43.1 Å². The number of nitrogens with one attached hydrogen (secondary N) is 1. The fourth-order valence-electron chi connectivity index (χ4n) is 4.49. The number of benzene rings is 3. The summed E-state index contributed by atoms with van der Waals surface area (Å²) >= 11 is 3.54. The van der Waals surface area contributed by atoms with Crippen molar-refractivity contribution < 1.29 is 4.74 Å². The van der Waals surface area contributed by atoms with Crippen LogP contribution in [0.25, 0.3) is 16.7 Å². The van der Waals surface area contributed by atoms with Gasteiger partial charge in [-0.3, -0.25) is 0 Å². The van der Waals surface area contributed by atoms with Crippen LogP contribution in [0.15, 0.2) is 71.7 Å². The number of ether oxygens (including phenoxy) is 1. The lowest BCUT2D eigenvalue weighted by molar-refractivity contribution is 0.243. The average molecular weight is 432 g/mol. The second kappa shape index (κ2) is 6.25. The topological polar surface area (TPSA) is 21.3 Å². The minimum Gasteiger partial charge on any atom is -0.480 e. The van der Waals surface area contributed by atoms with Crippen LogP contribution >= 0.6 is 15.9 Å². The van der Waals surface area contributed by atoms with E-state index in [0.29, 0.717) is 0 Å². The molecule has 28 heavy (non-hydrogen) atoms. The van der Waals surface area contributed by atoms with Crippen molar-refractivity contribution in [3.63, 3.8) is 0 Å². The second-order valence-electron chi connectivity index (χ2n) is 8.28. The van der Waals surface area contributed by atoms with Gasteiger partial charge in [0.05, 0.1) is 0 Å². The summed E-state index contributed by atoms with van der Waals surface area (Å²) in [4.78, 5) is 0. The molecule has 0 saturated carbocycles. The third kappa shape index (κ3) is 2.77. The van der Waals surface area contributed by atoms with Crippen molar-refractivity contribution in [1.82, 2.24) is 0 Å². The van der Waals surface area contributed by atoms with E-state index in [4.69, 9.17) is 4.74 Å². The maximum atomic E-state index is 6.57. The van der Waals surface area contributed by atoms with Crippen LogP contribution in [0, 0.1) is 0 Å². The Hall–Kier alpha value is -2.52. The van der Waals surface area contributed by atoms with Gasteiger partial charge in [0.2, 0.25) is 0 Å². The van der Waals surface area contributed by atoms with Gasteiger partial charge >= 0.3 is 0 Å². The van der Waals surface area contributed by atoms with Crippen molar-refractivity contribution in [2.24, 2.45) is 0 Å². The lowest BCUT2D eigenvalue weighted by Crippen LogP contribution is -2.35. The molecule has 0 unspecified atom stereocenters. The average Bonchev–Trinajstić information content (AvgIpc) is 2.66. The lowest BCUT2D eigenvalue weighted by Gasteiger charge is -2.39. The Bertz CT molecular complexity index is 1100. The summed E-state index contributed by atoms with van der Waals surface area (Å²) in [7, 11) is 0. The third-order valence-corrected chi connectivity index (χ3v) is 6.11. The van der Waals surface area contributed by atoms with Gasteiger partial charge in [-0.25, -0.2) is 0 Å². The highest BCUT2D eigenvalue weighted by Crippen LogP contribution is 2.51. The van der Waals surface area contributed by atoms with E-state index in [0.717, 1.165) is 33.5 Å². The van der Waals surface area contributed by atoms with Gasteiger partial charge in [0.1, 0.15) is 5.75 Å². The third-order valence-electron chi connectivity index (χ3n) is 5.58. The number of fused-ring (bicyclic) bond motifs is 5. The van der Waals surface area contributed by atoms with Crippen LogP contribution < -0.4 is 10.1 Å². The van der Waals surface area contributed by atoms with Crippen molar-refractivity contribution in [3.05, 3.63) is 88.4 Å². The number of hydrogen-bond donors (Lipinski definition) is 1. The highest BCUT2D eigenvalue weighted by atomic mass is 79.9. The van der Waals surface area contributed by atoms with E-state index in [1.54, 1.807) is 0 Å². The largest absolute Gasteiger partial charge is 0.480 e. The van der Waals surface area contributed by atoms with E-state index in [1.165, 1.54) is 22.3 Å². The Morgan fingerprint density at radius 1 is 1.00 bits per heavy atom. The maximum Gasteiger partial charge on any atom is 0.150 e. The Morgan fingerprint density at radius 3 is 2.54 bits per heavy atom. The van der Waals surface area contributed by atoms with Gasteiger partial charge in [-0.05, 0) is 61.2 Å². The van der Waals surface area contributed by atoms with Gasteiger partial charge in [0.15, 0.2) is 6.10 Å². The fraction of sp³-hybridized carbons (Fsp3) is 0.200. The van der Waals surface area contributed by atoms with E-state index in [-0.39, 0.29) is 11.6 Å². The molecule has 5 rings (SSSR count). The fourth-order valence-corrected chi connectivity index (χ4v) is 4.76. The molecule has 2 heterocycles. The van der Waals surface area contributed by atoms with Crippen molar-refractivity contribution >= 4 is 27.2 Å². The van der Waals surface area contributed by atoms with Gasteiger partial charge in [-0.2, -0.15) is 0 Å². The van der Waals surface area contributed by atoms with E-state index in [2.05, 4.69) is 96.3 Å². The predicted molar refractivity (Wildman–Crippen MR) is 120 cm³/mol. The van der Waals surface area contributed by atoms with Crippen LogP contribution in [-0.4, -0.2) is 5.54 Å². The first kappa shape index (κ1) is 17.6. The van der Waals surface area contributed by atoms with Crippen molar-refractivity contribution in [2.75, 3.05) is 5.32 Å². The van der Waals surface area contributed by atoms with Gasteiger partial charge < -0.3 is 10.1 Å². The molecule has 3 aromatic carbocycles. The minimum absolute atomic E-state index is 0.00113. The summed E-state index contributed by atoms with van der Waals surface area (Å²) in [6, 6.07) is 21.1. The highest BCUT2D eigenvalue weighted by molar-refractivity contribution is 9.10. The summed E-state index contributed by atoms with van der Waals surface area (Å²) in [5, 5.41) is 3.70. The number of hydrogen-bond acceptors (Lipinski definition) is 2. The van der Waals surface area contributed by atoms with E-state index >= 15 is 0 Å². The smallest absolute Gasteiger partial charge is 0.150 e. The summed E-state index contributed by atoms with van der Waals surface area (Å²) in [6.07, 6.45) is 0.748. The first-order valence-corrected chi connectivity index (χ1v) is 10.4. The molecule has 3 aromatic rings. The number of rotatable bonds is 1. The van der Waals surface area contributed by atoms with E-state index < -0.39 is 0 Å². The predicted octanol–water partition coefficient (Wildman–Crippen LogP) is 7.21. The summed E-state index contributed by atoms with van der Waals surface area (Å²) in [5.41, 5.74) is 8.25. The summed E-state index contributed by atoms with van der Waals surface area (Å²) in [5.74, 6) is 0.928. The van der Waals surface area contributed by atoms with Crippen molar-refractivity contribution in [2.45, 2.75) is 31.9 Å². The molecule has 0 bridgehead atoms. The summed E-state index contributed by atoms with van der Waals surface area (Å²) < 4.78 is 7.63. The zero-order valence-corrected chi connectivity index (χ0v) is 17.6. The Kier molecular flexibility index (Phi) is 3.92. The minimum atomic E-state index is -0.160. The molecule has 3 heteroatoms. The molecule has 0 saturated heterocycles. The van der Waals surface area contributed by atoms with Gasteiger partial charge in [-0.15, -0.1) is 0 Å². The molecule has 0 spiro atoms. The van der Waals surface area contributed by atoms with Gasteiger partial charge in [0.25, 0.3) is 0 Å². The maximum absolute atomic E-state index is 6.57. The number of halogens is 1. The molecule has 0 amide bonds. The van der Waals surface area contributed by atoms with Gasteiger partial charge in [-0.1, -0.05) is 58.9 Å². The standard InChI is InChI=1S/C25H22BrNO/c1-15-14-25(2,3)27-20-13-12-19-18-6-4-5-7-21(18)28-24(23(19)22(15)20)16-8-10-17(26)11-9-16/h4-13,24,27H,1,14H2,2-3H3/t24-/m1/s1. The molecule has 2 nitrogen and oxygen atoms in total. The molecule has 2 aliphatic rings.